The van der Waals surface area contributed by atoms with E-state index in [1.807, 2.05) is 11.2 Å². The molecule has 0 saturated carbocycles. The number of hydrogen-bond acceptors (Lipinski definition) is 1. The van der Waals surface area contributed by atoms with Crippen molar-refractivity contribution in [3.63, 3.8) is 0 Å². The normalized spacial score (nSPS) is 12.0. The summed E-state index contributed by atoms with van der Waals surface area (Å²) >= 11 is 2.02. The molecule has 0 spiro atoms. The van der Waals surface area contributed by atoms with Crippen LogP contribution in [0.15, 0.2) is 0 Å². The molecule has 0 aliphatic carbocycles. The second-order valence-electron chi connectivity index (χ2n) is 2.46. The van der Waals surface area contributed by atoms with E-state index in [1.54, 1.807) is 0 Å². The van der Waals surface area contributed by atoms with Gasteiger partial charge < -0.3 is 0 Å². The Morgan fingerprint density at radius 1 is 1.43 bits per heavy atom. The summed E-state index contributed by atoms with van der Waals surface area (Å²) in [6.45, 7) is 10.8. The molecule has 0 aromatic carbocycles. The Labute approximate surface area is 51.3 Å². The molecule has 7 heavy (non-hydrogen) atoms. The maximum absolute atomic E-state index is 3.77. The molecule has 0 unspecified atom stereocenters. The number of rotatable bonds is 2. The summed E-state index contributed by atoms with van der Waals surface area (Å²) in [6, 6.07) is 0. The van der Waals surface area contributed by atoms with Crippen LogP contribution in [-0.4, -0.2) is 13.0 Å². The van der Waals surface area contributed by atoms with Gasteiger partial charge in [0, 0.05) is 0 Å². The molecule has 43 valence electrons. The van der Waals surface area contributed by atoms with Crippen LogP contribution in [-0.2, 0) is 0 Å². The summed E-state index contributed by atoms with van der Waals surface area (Å²) in [5.74, 6) is 1.04. The first kappa shape index (κ1) is 7.57. The van der Waals surface area contributed by atoms with Gasteiger partial charge in [0.15, 0.2) is 0 Å². The summed E-state index contributed by atoms with van der Waals surface area (Å²) in [5.41, 5.74) is 0. The molecule has 0 rings (SSSR count). The predicted octanol–water partition coefficient (Wildman–Crippen LogP) is 2.39. The van der Waals surface area contributed by atoms with Gasteiger partial charge in [-0.2, -0.15) is 11.2 Å². The highest BCUT2D eigenvalue weighted by molar-refractivity contribution is 8.28. The minimum Gasteiger partial charge on any atom is -0.186 e. The highest BCUT2D eigenvalue weighted by Crippen LogP contribution is 2.17. The zero-order chi connectivity index (χ0) is 5.91. The van der Waals surface area contributed by atoms with Crippen molar-refractivity contribution >= 4 is 18.4 Å². The second-order valence-corrected chi connectivity index (χ2v) is 11.9. The van der Waals surface area contributed by atoms with E-state index in [4.69, 9.17) is 0 Å². The van der Waals surface area contributed by atoms with E-state index < -0.39 is 7.22 Å². The van der Waals surface area contributed by atoms with Crippen LogP contribution >= 0.6 is 11.2 Å². The van der Waals surface area contributed by atoms with Crippen molar-refractivity contribution in [3.05, 3.63) is 6.92 Å². The standard InChI is InChI=1S/C5H13SSi/c1-5-6-7(2,3)4/h1,5H2,2-4H3. The van der Waals surface area contributed by atoms with Gasteiger partial charge in [-0.05, 0) is 12.7 Å². The fraction of sp³-hybridized carbons (Fsp3) is 0.800. The van der Waals surface area contributed by atoms with E-state index in [0.29, 0.717) is 0 Å². The molecule has 0 nitrogen and oxygen atoms in total. The quantitative estimate of drug-likeness (QED) is 0.521. The largest absolute Gasteiger partial charge is 0.186 e. The molecule has 0 aromatic rings. The SMILES string of the molecule is [CH2]CS[Si](C)(C)C. The van der Waals surface area contributed by atoms with E-state index in [2.05, 4.69) is 26.6 Å². The van der Waals surface area contributed by atoms with Crippen molar-refractivity contribution in [2.24, 2.45) is 0 Å². The Morgan fingerprint density at radius 3 is 1.86 bits per heavy atom. The average Bonchev–Trinajstić information content (AvgIpc) is 1.30. The smallest absolute Gasteiger partial charge is 0.108 e. The van der Waals surface area contributed by atoms with Crippen LogP contribution in [0.5, 0.6) is 0 Å². The first-order valence-electron chi connectivity index (χ1n) is 2.49. The lowest BCUT2D eigenvalue weighted by atomic mass is 11.0. The van der Waals surface area contributed by atoms with Crippen molar-refractivity contribution in [2.75, 3.05) is 5.75 Å². The van der Waals surface area contributed by atoms with Crippen LogP contribution in [0.25, 0.3) is 0 Å². The molecule has 2 heteroatoms. The molecule has 0 N–H and O–H groups in total. The third kappa shape index (κ3) is 6.57. The molecular formula is C5H13SSi. The minimum atomic E-state index is -0.803. The molecule has 0 fully saturated rings. The molecule has 0 aromatic heterocycles. The fourth-order valence-corrected chi connectivity index (χ4v) is 2.76. The van der Waals surface area contributed by atoms with Gasteiger partial charge in [0.05, 0.1) is 0 Å². The minimum absolute atomic E-state index is 0.803. The lowest BCUT2D eigenvalue weighted by molar-refractivity contribution is 1.81. The highest BCUT2D eigenvalue weighted by atomic mass is 32.4. The lowest BCUT2D eigenvalue weighted by Crippen LogP contribution is -2.13. The van der Waals surface area contributed by atoms with Crippen LogP contribution in [0.1, 0.15) is 0 Å². The predicted molar refractivity (Wildman–Crippen MR) is 41.2 cm³/mol. The van der Waals surface area contributed by atoms with E-state index in [-0.39, 0.29) is 0 Å². The first-order chi connectivity index (χ1) is 3.06. The monoisotopic (exact) mass is 133 g/mol. The van der Waals surface area contributed by atoms with Crippen molar-refractivity contribution < 1.29 is 0 Å². The van der Waals surface area contributed by atoms with Crippen LogP contribution < -0.4 is 0 Å². The van der Waals surface area contributed by atoms with E-state index >= 15 is 0 Å². The molecule has 0 heterocycles. The van der Waals surface area contributed by atoms with Crippen molar-refractivity contribution in [1.82, 2.24) is 0 Å². The Kier molecular flexibility index (Phi) is 3.00. The summed E-state index contributed by atoms with van der Waals surface area (Å²) < 4.78 is 0. The van der Waals surface area contributed by atoms with Gasteiger partial charge in [-0.15, -0.1) is 0 Å². The Balaban J connectivity index is 3.15. The van der Waals surface area contributed by atoms with Gasteiger partial charge in [0.2, 0.25) is 0 Å². The van der Waals surface area contributed by atoms with Gasteiger partial charge in [0.1, 0.15) is 7.22 Å². The third-order valence-electron chi connectivity index (χ3n) is 0.535. The Morgan fingerprint density at radius 2 is 1.86 bits per heavy atom. The van der Waals surface area contributed by atoms with Gasteiger partial charge in [-0.25, -0.2) is 0 Å². The molecule has 0 atom stereocenters. The lowest BCUT2D eigenvalue weighted by Gasteiger charge is -2.11. The Bertz CT molecular complexity index is 46.5. The summed E-state index contributed by atoms with van der Waals surface area (Å²) in [6.07, 6.45) is 0. The average molecular weight is 133 g/mol. The highest BCUT2D eigenvalue weighted by Gasteiger charge is 2.10. The third-order valence-corrected chi connectivity index (χ3v) is 4.82. The van der Waals surface area contributed by atoms with Gasteiger partial charge in [-0.1, -0.05) is 19.6 Å². The topological polar surface area (TPSA) is 0 Å². The second kappa shape index (κ2) is 2.77. The van der Waals surface area contributed by atoms with Crippen molar-refractivity contribution in [1.29, 1.82) is 0 Å². The van der Waals surface area contributed by atoms with Crippen molar-refractivity contribution in [3.8, 4) is 0 Å². The molecule has 0 amide bonds. The van der Waals surface area contributed by atoms with Gasteiger partial charge in [-0.3, -0.25) is 0 Å². The molecule has 0 saturated heterocycles. The zero-order valence-corrected chi connectivity index (χ0v) is 7.14. The summed E-state index contributed by atoms with van der Waals surface area (Å²) in [7, 11) is -0.803. The molecule has 0 aliphatic heterocycles. The summed E-state index contributed by atoms with van der Waals surface area (Å²) in [5, 5.41) is 0. The Hall–Kier alpha value is 0.567. The van der Waals surface area contributed by atoms with Crippen LogP contribution in [0.2, 0.25) is 19.6 Å². The first-order valence-corrected chi connectivity index (χ1v) is 7.70. The van der Waals surface area contributed by atoms with Gasteiger partial charge in [0.25, 0.3) is 0 Å². The molecular weight excluding hydrogens is 120 g/mol. The molecule has 1 radical (unpaired) electrons. The maximum atomic E-state index is 3.77. The summed E-state index contributed by atoms with van der Waals surface area (Å²) in [4.78, 5) is 0. The maximum Gasteiger partial charge on any atom is 0.108 e. The van der Waals surface area contributed by atoms with Gasteiger partial charge >= 0.3 is 0 Å². The van der Waals surface area contributed by atoms with E-state index in [1.165, 1.54) is 0 Å². The van der Waals surface area contributed by atoms with Crippen molar-refractivity contribution in [2.45, 2.75) is 19.6 Å². The fourth-order valence-electron chi connectivity index (χ4n) is 0.306. The molecule has 0 bridgehead atoms. The number of hydrogen-bond donors (Lipinski definition) is 0. The van der Waals surface area contributed by atoms with E-state index in [9.17, 15) is 0 Å². The van der Waals surface area contributed by atoms with Crippen LogP contribution in [0, 0.1) is 6.92 Å². The zero-order valence-electron chi connectivity index (χ0n) is 5.32. The molecule has 0 aliphatic rings. The van der Waals surface area contributed by atoms with Crippen LogP contribution in [0.4, 0.5) is 0 Å². The van der Waals surface area contributed by atoms with Crippen LogP contribution in [0.3, 0.4) is 0 Å². The van der Waals surface area contributed by atoms with E-state index in [0.717, 1.165) is 5.75 Å².